The molecule has 1 aromatic heterocycles. The van der Waals surface area contributed by atoms with E-state index in [2.05, 4.69) is 10.3 Å². The molecule has 120 valence electrons. The van der Waals surface area contributed by atoms with E-state index in [0.717, 1.165) is 17.5 Å². The van der Waals surface area contributed by atoms with Crippen molar-refractivity contribution in [1.29, 1.82) is 0 Å². The summed E-state index contributed by atoms with van der Waals surface area (Å²) in [6.07, 6.45) is 4.05. The van der Waals surface area contributed by atoms with Crippen LogP contribution in [0.25, 0.3) is 11.1 Å². The van der Waals surface area contributed by atoms with Gasteiger partial charge in [-0.2, -0.15) is 0 Å². The minimum absolute atomic E-state index is 0.140. The van der Waals surface area contributed by atoms with Crippen molar-refractivity contribution in [2.24, 2.45) is 0 Å². The van der Waals surface area contributed by atoms with Gasteiger partial charge in [0, 0.05) is 24.5 Å². The van der Waals surface area contributed by atoms with Crippen LogP contribution in [0.5, 0.6) is 5.75 Å². The number of phenols is 1. The average molecular weight is 318 g/mol. The van der Waals surface area contributed by atoms with E-state index in [0.29, 0.717) is 12.1 Å². The lowest BCUT2D eigenvalue weighted by molar-refractivity contribution is 0.0954. The third-order valence-electron chi connectivity index (χ3n) is 3.74. The fourth-order valence-corrected chi connectivity index (χ4v) is 2.44. The Kier molecular flexibility index (Phi) is 4.87. The molecule has 3 aromatic rings. The summed E-state index contributed by atoms with van der Waals surface area (Å²) in [4.78, 5) is 16.4. The molecule has 0 bridgehead atoms. The number of nitrogens with one attached hydrogen (secondary N) is 1. The lowest BCUT2D eigenvalue weighted by Gasteiger charge is -2.07. The Balaban J connectivity index is 1.65. The smallest absolute Gasteiger partial charge is 0.252 e. The molecule has 0 radical (unpaired) electrons. The van der Waals surface area contributed by atoms with Gasteiger partial charge in [0.1, 0.15) is 5.75 Å². The number of aromatic hydroxyl groups is 1. The maximum absolute atomic E-state index is 12.3. The van der Waals surface area contributed by atoms with Crippen molar-refractivity contribution in [1.82, 2.24) is 10.3 Å². The van der Waals surface area contributed by atoms with Crippen molar-refractivity contribution in [2.75, 3.05) is 6.54 Å². The lowest BCUT2D eigenvalue weighted by atomic mass is 10.1. The SMILES string of the molecule is O=C(NCCc1ccccc1)c1cncc(-c2ccc(O)cc2)c1. The van der Waals surface area contributed by atoms with Gasteiger partial charge in [-0.15, -0.1) is 0 Å². The van der Waals surface area contributed by atoms with E-state index in [-0.39, 0.29) is 11.7 Å². The number of phenolic OH excluding ortho intramolecular Hbond substituents is 1. The Morgan fingerprint density at radius 2 is 1.71 bits per heavy atom. The summed E-state index contributed by atoms with van der Waals surface area (Å²) in [5, 5.41) is 12.3. The summed E-state index contributed by atoms with van der Waals surface area (Å²) >= 11 is 0. The molecular formula is C20H18N2O2. The summed E-state index contributed by atoms with van der Waals surface area (Å²) < 4.78 is 0. The predicted molar refractivity (Wildman–Crippen MR) is 93.8 cm³/mol. The van der Waals surface area contributed by atoms with Crippen LogP contribution < -0.4 is 5.32 Å². The second-order valence-electron chi connectivity index (χ2n) is 5.50. The number of carbonyl (C=O) groups excluding carboxylic acids is 1. The van der Waals surface area contributed by atoms with Crippen LogP contribution in [0.1, 0.15) is 15.9 Å². The summed E-state index contributed by atoms with van der Waals surface area (Å²) in [5.74, 6) is 0.0700. The molecule has 4 heteroatoms. The Hall–Kier alpha value is -3.14. The number of pyridine rings is 1. The first kappa shape index (κ1) is 15.7. The van der Waals surface area contributed by atoms with Crippen molar-refractivity contribution < 1.29 is 9.90 Å². The van der Waals surface area contributed by atoms with E-state index in [4.69, 9.17) is 0 Å². The molecule has 2 N–H and O–H groups in total. The van der Waals surface area contributed by atoms with Crippen LogP contribution in [0.15, 0.2) is 73.1 Å². The fourth-order valence-electron chi connectivity index (χ4n) is 2.44. The third-order valence-corrected chi connectivity index (χ3v) is 3.74. The van der Waals surface area contributed by atoms with Crippen molar-refractivity contribution in [3.8, 4) is 16.9 Å². The number of aromatic nitrogens is 1. The number of nitrogens with zero attached hydrogens (tertiary/aromatic N) is 1. The molecule has 0 aliphatic heterocycles. The van der Waals surface area contributed by atoms with E-state index in [1.165, 1.54) is 5.56 Å². The topological polar surface area (TPSA) is 62.2 Å². The van der Waals surface area contributed by atoms with Crippen molar-refractivity contribution in [3.05, 3.63) is 84.2 Å². The van der Waals surface area contributed by atoms with Gasteiger partial charge < -0.3 is 10.4 Å². The summed E-state index contributed by atoms with van der Waals surface area (Å²) in [6, 6.07) is 18.7. The highest BCUT2D eigenvalue weighted by Gasteiger charge is 2.07. The first-order chi connectivity index (χ1) is 11.7. The number of amides is 1. The van der Waals surface area contributed by atoms with Gasteiger partial charge in [-0.3, -0.25) is 9.78 Å². The van der Waals surface area contributed by atoms with E-state index in [1.54, 1.807) is 42.7 Å². The first-order valence-electron chi connectivity index (χ1n) is 7.79. The van der Waals surface area contributed by atoms with E-state index in [9.17, 15) is 9.90 Å². The van der Waals surface area contributed by atoms with Crippen LogP contribution in [-0.4, -0.2) is 22.5 Å². The zero-order chi connectivity index (χ0) is 16.8. The number of hydrogen-bond acceptors (Lipinski definition) is 3. The fraction of sp³-hybridized carbons (Fsp3) is 0.100. The minimum Gasteiger partial charge on any atom is -0.508 e. The van der Waals surface area contributed by atoms with Gasteiger partial charge in [-0.05, 0) is 35.7 Å². The molecule has 1 amide bonds. The Bertz CT molecular complexity index is 815. The summed E-state index contributed by atoms with van der Waals surface area (Å²) in [6.45, 7) is 0.576. The number of carbonyl (C=O) groups is 1. The molecule has 0 saturated carbocycles. The molecule has 0 atom stereocenters. The van der Waals surface area contributed by atoms with Crippen LogP contribution in [0.3, 0.4) is 0 Å². The zero-order valence-corrected chi connectivity index (χ0v) is 13.1. The molecule has 0 saturated heterocycles. The van der Waals surface area contributed by atoms with Gasteiger partial charge in [-0.1, -0.05) is 42.5 Å². The molecule has 24 heavy (non-hydrogen) atoms. The Morgan fingerprint density at radius 3 is 2.46 bits per heavy atom. The molecule has 0 aliphatic carbocycles. The third kappa shape index (κ3) is 3.98. The predicted octanol–water partition coefficient (Wildman–Crippen LogP) is 3.43. The standard InChI is InChI=1S/C20H18N2O2/c23-19-8-6-16(7-9-19)17-12-18(14-21-13-17)20(24)22-11-10-15-4-2-1-3-5-15/h1-9,12-14,23H,10-11H2,(H,22,24). The summed E-state index contributed by atoms with van der Waals surface area (Å²) in [7, 11) is 0. The zero-order valence-electron chi connectivity index (χ0n) is 13.1. The number of hydrogen-bond donors (Lipinski definition) is 2. The maximum atomic E-state index is 12.3. The molecule has 2 aromatic carbocycles. The largest absolute Gasteiger partial charge is 0.508 e. The van der Waals surface area contributed by atoms with Gasteiger partial charge >= 0.3 is 0 Å². The Labute approximate surface area is 140 Å². The van der Waals surface area contributed by atoms with E-state index in [1.807, 2.05) is 30.3 Å². The van der Waals surface area contributed by atoms with Gasteiger partial charge in [0.05, 0.1) is 5.56 Å². The first-order valence-corrected chi connectivity index (χ1v) is 7.79. The highest BCUT2D eigenvalue weighted by molar-refractivity contribution is 5.95. The highest BCUT2D eigenvalue weighted by Crippen LogP contribution is 2.21. The molecule has 0 aliphatic rings. The van der Waals surface area contributed by atoms with Crippen LogP contribution >= 0.6 is 0 Å². The maximum Gasteiger partial charge on any atom is 0.252 e. The average Bonchev–Trinajstić information content (AvgIpc) is 2.63. The second-order valence-corrected chi connectivity index (χ2v) is 5.50. The monoisotopic (exact) mass is 318 g/mol. The molecule has 0 unspecified atom stereocenters. The van der Waals surface area contributed by atoms with Crippen LogP contribution in [0.2, 0.25) is 0 Å². The number of benzene rings is 2. The van der Waals surface area contributed by atoms with Crippen molar-refractivity contribution >= 4 is 5.91 Å². The van der Waals surface area contributed by atoms with Crippen molar-refractivity contribution in [2.45, 2.75) is 6.42 Å². The van der Waals surface area contributed by atoms with Crippen LogP contribution in [0.4, 0.5) is 0 Å². The van der Waals surface area contributed by atoms with Crippen molar-refractivity contribution in [3.63, 3.8) is 0 Å². The van der Waals surface area contributed by atoms with E-state index >= 15 is 0 Å². The quantitative estimate of drug-likeness (QED) is 0.757. The van der Waals surface area contributed by atoms with Crippen LogP contribution in [-0.2, 0) is 6.42 Å². The normalized spacial score (nSPS) is 10.3. The molecule has 0 spiro atoms. The van der Waals surface area contributed by atoms with E-state index < -0.39 is 0 Å². The van der Waals surface area contributed by atoms with Gasteiger partial charge in [0.2, 0.25) is 0 Å². The lowest BCUT2D eigenvalue weighted by Crippen LogP contribution is -2.25. The Morgan fingerprint density at radius 1 is 0.958 bits per heavy atom. The number of rotatable bonds is 5. The highest BCUT2D eigenvalue weighted by atomic mass is 16.3. The molecule has 4 nitrogen and oxygen atoms in total. The molecule has 1 heterocycles. The summed E-state index contributed by atoms with van der Waals surface area (Å²) in [5.41, 5.74) is 3.45. The second kappa shape index (κ2) is 7.42. The minimum atomic E-state index is -0.140. The van der Waals surface area contributed by atoms with Gasteiger partial charge in [0.25, 0.3) is 5.91 Å². The molecule has 0 fully saturated rings. The van der Waals surface area contributed by atoms with Gasteiger partial charge in [0.15, 0.2) is 0 Å². The van der Waals surface area contributed by atoms with Gasteiger partial charge in [-0.25, -0.2) is 0 Å². The van der Waals surface area contributed by atoms with Crippen LogP contribution in [0, 0.1) is 0 Å². The molecular weight excluding hydrogens is 300 g/mol. The molecule has 3 rings (SSSR count).